The van der Waals surface area contributed by atoms with Crippen LogP contribution in [0.15, 0.2) is 24.3 Å². The Labute approximate surface area is 313 Å². The van der Waals surface area contributed by atoms with E-state index >= 15 is 0 Å². The van der Waals surface area contributed by atoms with E-state index in [0.717, 1.165) is 5.69 Å². The van der Waals surface area contributed by atoms with E-state index in [2.05, 4.69) is 39.2 Å². The average molecular weight is 790 g/mol. The van der Waals surface area contributed by atoms with Gasteiger partial charge in [-0.1, -0.05) is 0 Å². The Morgan fingerprint density at radius 1 is 0.849 bits per heavy atom. The van der Waals surface area contributed by atoms with Gasteiger partial charge in [0.1, 0.15) is 18.1 Å². The van der Waals surface area contributed by atoms with Crippen molar-refractivity contribution in [2.45, 2.75) is 88.6 Å². The van der Waals surface area contributed by atoms with Crippen molar-refractivity contribution in [1.29, 1.82) is 0 Å². The molecule has 0 aliphatic carbocycles. The van der Waals surface area contributed by atoms with E-state index in [1.807, 2.05) is 0 Å². The number of carboxylic acid groups (broad SMARTS) is 2. The summed E-state index contributed by atoms with van der Waals surface area (Å²) in [7, 11) is -4.64. The van der Waals surface area contributed by atoms with Crippen LogP contribution in [-0.2, 0) is 38.9 Å². The second-order valence-corrected chi connectivity index (χ2v) is 15.8. The molecule has 0 bridgehead atoms. The second kappa shape index (κ2) is 21.3. The highest BCUT2D eigenvalue weighted by atomic mass is 32.2. The summed E-state index contributed by atoms with van der Waals surface area (Å²) >= 11 is 4.23. The van der Waals surface area contributed by atoms with Crippen molar-refractivity contribution >= 4 is 69.9 Å². The third kappa shape index (κ3) is 17.7. The Hall–Kier alpha value is -4.47. The van der Waals surface area contributed by atoms with E-state index < -0.39 is 99.0 Å². The molecule has 12 N–H and O–H groups in total. The molecular formula is C32H51N7O12S2. The van der Waals surface area contributed by atoms with Gasteiger partial charge in [-0.2, -0.15) is 21.0 Å². The molecule has 0 saturated carbocycles. The molecule has 19 nitrogen and oxygen atoms in total. The molecule has 1 rings (SSSR count). The standard InChI is InChI=1S/C32H51N7O12S2/c1-31(2,30(47)48)18-32(3,52)29(46)39-22(13-17-53(49,50)51)27(43)38-23(28(44)45)11-12-24(40)37-21(25(34)41)6-4-5-15-36-26(42)19-7-9-20(10-8-19)35-16-14-33/h7-10,21-23,35,52H,4-6,11-18,33H2,1-3H3,(H2,34,41)(H,36,42)(H,37,40)(H,38,43)(H,39,46)(H,44,45)(H,47,48)(H,49,50,51)/t21-,22?,23?,32?/m0/s1. The summed E-state index contributed by atoms with van der Waals surface area (Å²) in [5.74, 6) is -7.89. The van der Waals surface area contributed by atoms with Gasteiger partial charge in [-0.05, 0) is 83.6 Å². The second-order valence-electron chi connectivity index (χ2n) is 13.2. The first kappa shape index (κ1) is 46.6. The van der Waals surface area contributed by atoms with E-state index in [1.165, 1.54) is 20.8 Å². The Bertz CT molecular complexity index is 1570. The van der Waals surface area contributed by atoms with Crippen LogP contribution >= 0.6 is 12.6 Å². The number of benzene rings is 1. The van der Waals surface area contributed by atoms with Crippen LogP contribution < -0.4 is 38.1 Å². The third-order valence-electron chi connectivity index (χ3n) is 7.92. The van der Waals surface area contributed by atoms with E-state index in [0.29, 0.717) is 31.5 Å². The Balaban J connectivity index is 2.77. The molecule has 5 amide bonds. The first-order chi connectivity index (χ1) is 24.5. The monoisotopic (exact) mass is 789 g/mol. The zero-order valence-corrected chi connectivity index (χ0v) is 31.6. The summed E-state index contributed by atoms with van der Waals surface area (Å²) in [6.07, 6.45) is -1.09. The van der Waals surface area contributed by atoms with Crippen LogP contribution in [0.4, 0.5) is 5.69 Å². The number of anilines is 1. The van der Waals surface area contributed by atoms with Gasteiger partial charge < -0.3 is 48.3 Å². The Morgan fingerprint density at radius 2 is 1.47 bits per heavy atom. The van der Waals surface area contributed by atoms with Crippen LogP contribution in [0.5, 0.6) is 0 Å². The zero-order valence-electron chi connectivity index (χ0n) is 29.8. The predicted molar refractivity (Wildman–Crippen MR) is 196 cm³/mol. The van der Waals surface area contributed by atoms with Crippen LogP contribution in [-0.4, -0.2) is 113 Å². The van der Waals surface area contributed by atoms with Gasteiger partial charge in [0, 0.05) is 37.3 Å². The number of amides is 5. The SMILES string of the molecule is CC(C)(CC(C)(S)C(=O)NC(CCS(=O)(=O)O)C(=O)NC(CCC(=O)N[C@@H](CCCCNC(=O)c1ccc(NCCN)cc1)C(N)=O)C(=O)O)C(=O)O. The highest BCUT2D eigenvalue weighted by Gasteiger charge is 2.41. The molecule has 21 heteroatoms. The molecule has 0 aliphatic heterocycles. The molecule has 53 heavy (non-hydrogen) atoms. The molecule has 298 valence electrons. The molecule has 3 unspecified atom stereocenters. The van der Waals surface area contributed by atoms with Crippen LogP contribution in [0.1, 0.15) is 76.1 Å². The fraction of sp³-hybridized carbons (Fsp3) is 0.594. The van der Waals surface area contributed by atoms with Gasteiger partial charge in [0.05, 0.1) is 15.9 Å². The van der Waals surface area contributed by atoms with Gasteiger partial charge >= 0.3 is 11.9 Å². The van der Waals surface area contributed by atoms with Crippen LogP contribution in [0.2, 0.25) is 0 Å². The Kier molecular flexibility index (Phi) is 18.7. The highest BCUT2D eigenvalue weighted by molar-refractivity contribution is 7.85. The lowest BCUT2D eigenvalue weighted by Crippen LogP contribution is -2.56. The minimum atomic E-state index is -4.64. The lowest BCUT2D eigenvalue weighted by Gasteiger charge is -2.31. The van der Waals surface area contributed by atoms with Gasteiger partial charge in [-0.25, -0.2) is 4.79 Å². The van der Waals surface area contributed by atoms with E-state index in [-0.39, 0.29) is 25.3 Å². The summed E-state index contributed by atoms with van der Waals surface area (Å²) in [5.41, 5.74) is 10.7. The fourth-order valence-electron chi connectivity index (χ4n) is 4.96. The number of carboxylic acids is 2. The smallest absolute Gasteiger partial charge is 0.326 e. The maximum atomic E-state index is 13.1. The number of thiol groups is 1. The summed E-state index contributed by atoms with van der Waals surface area (Å²) in [6, 6.07) is 2.24. The van der Waals surface area contributed by atoms with Crippen molar-refractivity contribution < 1.29 is 56.7 Å². The molecule has 0 saturated heterocycles. The summed E-state index contributed by atoms with van der Waals surface area (Å²) in [5, 5.41) is 31.8. The largest absolute Gasteiger partial charge is 0.481 e. The molecule has 0 radical (unpaired) electrons. The Morgan fingerprint density at radius 3 is 2.00 bits per heavy atom. The number of aliphatic carboxylic acids is 2. The number of hydrogen-bond donors (Lipinski definition) is 11. The first-order valence-electron chi connectivity index (χ1n) is 16.6. The first-order valence-corrected chi connectivity index (χ1v) is 18.7. The molecule has 0 aliphatic rings. The number of rotatable bonds is 25. The number of carbonyl (C=O) groups is 7. The third-order valence-corrected chi connectivity index (χ3v) is 9.03. The average Bonchev–Trinajstić information content (AvgIpc) is 3.05. The molecule has 0 aromatic heterocycles. The van der Waals surface area contributed by atoms with E-state index in [4.69, 9.17) is 11.5 Å². The van der Waals surface area contributed by atoms with Crippen LogP contribution in [0.3, 0.4) is 0 Å². The maximum Gasteiger partial charge on any atom is 0.326 e. The summed E-state index contributed by atoms with van der Waals surface area (Å²) in [4.78, 5) is 86.7. The van der Waals surface area contributed by atoms with Crippen molar-refractivity contribution in [3.63, 3.8) is 0 Å². The van der Waals surface area contributed by atoms with Crippen molar-refractivity contribution in [3.8, 4) is 0 Å². The molecule has 0 spiro atoms. The molecule has 0 fully saturated rings. The van der Waals surface area contributed by atoms with Crippen molar-refractivity contribution in [2.24, 2.45) is 16.9 Å². The van der Waals surface area contributed by atoms with Gasteiger partial charge in [0.15, 0.2) is 0 Å². The summed E-state index contributed by atoms with van der Waals surface area (Å²) in [6.45, 7) is 5.26. The molecular weight excluding hydrogens is 739 g/mol. The van der Waals surface area contributed by atoms with Crippen LogP contribution in [0.25, 0.3) is 0 Å². The van der Waals surface area contributed by atoms with Gasteiger partial charge in [0.2, 0.25) is 23.6 Å². The predicted octanol–water partition coefficient (Wildman–Crippen LogP) is -0.771. The quantitative estimate of drug-likeness (QED) is 0.0329. The number of unbranched alkanes of at least 4 members (excludes halogenated alkanes) is 1. The number of nitrogens with two attached hydrogens (primary N) is 2. The lowest BCUT2D eigenvalue weighted by atomic mass is 9.82. The van der Waals surface area contributed by atoms with Gasteiger partial charge in [-0.3, -0.25) is 33.3 Å². The maximum absolute atomic E-state index is 13.1. The van der Waals surface area contributed by atoms with E-state index in [1.54, 1.807) is 24.3 Å². The number of nitrogens with one attached hydrogen (secondary N) is 5. The van der Waals surface area contributed by atoms with Crippen molar-refractivity contribution in [2.75, 3.05) is 30.7 Å². The topological polar surface area (TPSA) is 327 Å². The lowest BCUT2D eigenvalue weighted by molar-refractivity contribution is -0.148. The minimum absolute atomic E-state index is 0.112. The summed E-state index contributed by atoms with van der Waals surface area (Å²) < 4.78 is 30.3. The molecule has 1 aromatic carbocycles. The number of primary amides is 1. The molecule has 4 atom stereocenters. The van der Waals surface area contributed by atoms with Crippen LogP contribution in [0, 0.1) is 5.41 Å². The zero-order chi connectivity index (χ0) is 40.6. The van der Waals surface area contributed by atoms with Crippen molar-refractivity contribution in [1.82, 2.24) is 21.3 Å². The van der Waals surface area contributed by atoms with Gasteiger partial charge in [0.25, 0.3) is 16.0 Å². The number of carbonyl (C=O) groups excluding carboxylic acids is 5. The highest BCUT2D eigenvalue weighted by Crippen LogP contribution is 2.32. The normalized spacial score (nSPS) is 14.4. The molecule has 1 aromatic rings. The minimum Gasteiger partial charge on any atom is -0.481 e. The van der Waals surface area contributed by atoms with Gasteiger partial charge in [-0.15, -0.1) is 0 Å². The van der Waals surface area contributed by atoms with E-state index in [9.17, 15) is 56.7 Å². The van der Waals surface area contributed by atoms with Crippen molar-refractivity contribution in [3.05, 3.63) is 29.8 Å². The fourth-order valence-corrected chi connectivity index (χ4v) is 5.95. The number of hydrogen-bond acceptors (Lipinski definition) is 12. The molecule has 0 heterocycles.